The molecule has 0 N–H and O–H groups in total. The number of amides is 1. The van der Waals surface area contributed by atoms with E-state index in [0.29, 0.717) is 11.3 Å². The van der Waals surface area contributed by atoms with Gasteiger partial charge in [0.25, 0.3) is 5.91 Å². The molecular formula is C18H19NO3. The average molecular weight is 297 g/mol. The molecule has 4 nitrogen and oxygen atoms in total. The monoisotopic (exact) mass is 297 g/mol. The van der Waals surface area contributed by atoms with Crippen molar-refractivity contribution in [1.82, 2.24) is 0 Å². The lowest BCUT2D eigenvalue weighted by Crippen LogP contribution is -2.38. The van der Waals surface area contributed by atoms with E-state index >= 15 is 0 Å². The molecule has 22 heavy (non-hydrogen) atoms. The molecule has 2 aromatic rings. The van der Waals surface area contributed by atoms with Crippen LogP contribution < -0.4 is 9.64 Å². The molecule has 0 fully saturated rings. The molecule has 4 heteroatoms. The zero-order valence-corrected chi connectivity index (χ0v) is 12.9. The summed E-state index contributed by atoms with van der Waals surface area (Å²) in [5.41, 5.74) is 1.37. The van der Waals surface area contributed by atoms with Gasteiger partial charge in [-0.2, -0.15) is 0 Å². The van der Waals surface area contributed by atoms with Crippen molar-refractivity contribution >= 4 is 17.4 Å². The Morgan fingerprint density at radius 3 is 2.36 bits per heavy atom. The lowest BCUT2D eigenvalue weighted by Gasteiger charge is -2.22. The van der Waals surface area contributed by atoms with Crippen molar-refractivity contribution in [3.63, 3.8) is 0 Å². The summed E-state index contributed by atoms with van der Waals surface area (Å²) < 4.78 is 5.67. The molecular weight excluding hydrogens is 278 g/mol. The SMILES string of the molecule is CC(=O)c1cccc(O[C@H](C)C(=O)N(C)c2ccccc2)c1. The predicted octanol–water partition coefficient (Wildman–Crippen LogP) is 3.32. The van der Waals surface area contributed by atoms with Gasteiger partial charge in [0.15, 0.2) is 11.9 Å². The quantitative estimate of drug-likeness (QED) is 0.795. The molecule has 2 rings (SSSR count). The number of ether oxygens (including phenoxy) is 1. The number of hydrogen-bond acceptors (Lipinski definition) is 3. The summed E-state index contributed by atoms with van der Waals surface area (Å²) in [7, 11) is 1.71. The number of carbonyl (C=O) groups excluding carboxylic acids is 2. The fourth-order valence-electron chi connectivity index (χ4n) is 2.09. The van der Waals surface area contributed by atoms with Gasteiger partial charge >= 0.3 is 0 Å². The van der Waals surface area contributed by atoms with Crippen LogP contribution in [-0.2, 0) is 4.79 Å². The van der Waals surface area contributed by atoms with Gasteiger partial charge in [-0.1, -0.05) is 30.3 Å². The Morgan fingerprint density at radius 1 is 1.05 bits per heavy atom. The van der Waals surface area contributed by atoms with E-state index in [4.69, 9.17) is 4.74 Å². The van der Waals surface area contributed by atoms with Crippen molar-refractivity contribution in [2.75, 3.05) is 11.9 Å². The van der Waals surface area contributed by atoms with Crippen molar-refractivity contribution < 1.29 is 14.3 Å². The smallest absolute Gasteiger partial charge is 0.267 e. The van der Waals surface area contributed by atoms with E-state index in [1.807, 2.05) is 30.3 Å². The summed E-state index contributed by atoms with van der Waals surface area (Å²) in [5, 5.41) is 0. The van der Waals surface area contributed by atoms with E-state index in [0.717, 1.165) is 5.69 Å². The maximum absolute atomic E-state index is 12.4. The number of para-hydroxylation sites is 1. The number of rotatable bonds is 5. The summed E-state index contributed by atoms with van der Waals surface area (Å²) in [5.74, 6) is 0.320. The first kappa shape index (κ1) is 15.8. The summed E-state index contributed by atoms with van der Waals surface area (Å²) in [6.07, 6.45) is -0.646. The molecule has 0 aliphatic heterocycles. The van der Waals surface area contributed by atoms with E-state index in [2.05, 4.69) is 0 Å². The largest absolute Gasteiger partial charge is 0.481 e. The van der Waals surface area contributed by atoms with Gasteiger partial charge < -0.3 is 9.64 Å². The average Bonchev–Trinajstić information content (AvgIpc) is 2.54. The number of hydrogen-bond donors (Lipinski definition) is 0. The topological polar surface area (TPSA) is 46.6 Å². The van der Waals surface area contributed by atoms with Crippen LogP contribution >= 0.6 is 0 Å². The van der Waals surface area contributed by atoms with Gasteiger partial charge in [0.2, 0.25) is 0 Å². The molecule has 0 aliphatic rings. The summed E-state index contributed by atoms with van der Waals surface area (Å²) in [6.45, 7) is 3.19. The van der Waals surface area contributed by atoms with Crippen molar-refractivity contribution in [2.24, 2.45) is 0 Å². The number of likely N-dealkylation sites (N-methyl/N-ethyl adjacent to an activating group) is 1. The zero-order valence-electron chi connectivity index (χ0n) is 12.9. The third-order valence-corrected chi connectivity index (χ3v) is 3.38. The highest BCUT2D eigenvalue weighted by Gasteiger charge is 2.20. The van der Waals surface area contributed by atoms with Gasteiger partial charge in [0.1, 0.15) is 5.75 Å². The Bertz CT molecular complexity index is 667. The fraction of sp³-hybridized carbons (Fsp3) is 0.222. The molecule has 0 aromatic heterocycles. The molecule has 0 unspecified atom stereocenters. The summed E-state index contributed by atoms with van der Waals surface area (Å²) in [4.78, 5) is 25.3. The van der Waals surface area contributed by atoms with Crippen LogP contribution in [0.1, 0.15) is 24.2 Å². The van der Waals surface area contributed by atoms with Crippen LogP contribution in [0.5, 0.6) is 5.75 Å². The predicted molar refractivity (Wildman–Crippen MR) is 86.4 cm³/mol. The number of anilines is 1. The maximum Gasteiger partial charge on any atom is 0.267 e. The van der Waals surface area contributed by atoms with E-state index in [1.54, 1.807) is 43.1 Å². The molecule has 1 atom stereocenters. The first-order chi connectivity index (χ1) is 10.5. The standard InChI is InChI=1S/C18H19NO3/c1-13(20)15-8-7-11-17(12-15)22-14(2)18(21)19(3)16-9-5-4-6-10-16/h4-12,14H,1-3H3/t14-/m1/s1. The lowest BCUT2D eigenvalue weighted by molar-refractivity contribution is -0.124. The first-order valence-corrected chi connectivity index (χ1v) is 7.09. The Kier molecular flexibility index (Phi) is 4.94. The van der Waals surface area contributed by atoms with Crippen LogP contribution in [0, 0.1) is 0 Å². The van der Waals surface area contributed by atoms with Crippen LogP contribution in [-0.4, -0.2) is 24.8 Å². The van der Waals surface area contributed by atoms with Crippen molar-refractivity contribution in [1.29, 1.82) is 0 Å². The van der Waals surface area contributed by atoms with E-state index in [-0.39, 0.29) is 11.7 Å². The minimum absolute atomic E-state index is 0.0363. The number of nitrogens with zero attached hydrogens (tertiary/aromatic N) is 1. The van der Waals surface area contributed by atoms with Gasteiger partial charge in [-0.15, -0.1) is 0 Å². The number of Topliss-reactive ketones (excluding diaryl/α,β-unsaturated/α-hetero) is 1. The van der Waals surface area contributed by atoms with Gasteiger partial charge in [0.05, 0.1) is 0 Å². The number of ketones is 1. The highest BCUT2D eigenvalue weighted by atomic mass is 16.5. The van der Waals surface area contributed by atoms with E-state index in [1.165, 1.54) is 6.92 Å². The van der Waals surface area contributed by atoms with Crippen LogP contribution in [0.2, 0.25) is 0 Å². The molecule has 0 spiro atoms. The molecule has 2 aromatic carbocycles. The minimum Gasteiger partial charge on any atom is -0.481 e. The van der Waals surface area contributed by atoms with Gasteiger partial charge in [-0.25, -0.2) is 0 Å². The van der Waals surface area contributed by atoms with Gasteiger partial charge in [0, 0.05) is 18.3 Å². The number of benzene rings is 2. The lowest BCUT2D eigenvalue weighted by atomic mass is 10.1. The minimum atomic E-state index is -0.646. The van der Waals surface area contributed by atoms with Gasteiger partial charge in [-0.05, 0) is 38.1 Å². The fourth-order valence-corrected chi connectivity index (χ4v) is 2.09. The molecule has 0 bridgehead atoms. The van der Waals surface area contributed by atoms with Crippen molar-refractivity contribution in [3.05, 3.63) is 60.2 Å². The third-order valence-electron chi connectivity index (χ3n) is 3.38. The second kappa shape index (κ2) is 6.89. The Hall–Kier alpha value is -2.62. The Labute approximate surface area is 130 Å². The second-order valence-electron chi connectivity index (χ2n) is 5.08. The maximum atomic E-state index is 12.4. The summed E-state index contributed by atoms with van der Waals surface area (Å²) >= 11 is 0. The Balaban J connectivity index is 2.08. The first-order valence-electron chi connectivity index (χ1n) is 7.09. The normalized spacial score (nSPS) is 11.6. The molecule has 0 radical (unpaired) electrons. The number of carbonyl (C=O) groups is 2. The third kappa shape index (κ3) is 3.73. The highest BCUT2D eigenvalue weighted by Crippen LogP contribution is 2.18. The van der Waals surface area contributed by atoms with Crippen molar-refractivity contribution in [2.45, 2.75) is 20.0 Å². The van der Waals surface area contributed by atoms with Crippen LogP contribution in [0.3, 0.4) is 0 Å². The van der Waals surface area contributed by atoms with Crippen LogP contribution in [0.15, 0.2) is 54.6 Å². The molecule has 0 heterocycles. The Morgan fingerprint density at radius 2 is 1.73 bits per heavy atom. The summed E-state index contributed by atoms with van der Waals surface area (Å²) in [6, 6.07) is 16.2. The molecule has 114 valence electrons. The van der Waals surface area contributed by atoms with E-state index in [9.17, 15) is 9.59 Å². The molecule has 0 saturated carbocycles. The van der Waals surface area contributed by atoms with Crippen LogP contribution in [0.25, 0.3) is 0 Å². The molecule has 0 saturated heterocycles. The second-order valence-corrected chi connectivity index (χ2v) is 5.08. The van der Waals surface area contributed by atoms with Gasteiger partial charge in [-0.3, -0.25) is 9.59 Å². The highest BCUT2D eigenvalue weighted by molar-refractivity contribution is 5.96. The van der Waals surface area contributed by atoms with Crippen molar-refractivity contribution in [3.8, 4) is 5.75 Å². The molecule has 1 amide bonds. The molecule has 0 aliphatic carbocycles. The van der Waals surface area contributed by atoms with Crippen LogP contribution in [0.4, 0.5) is 5.69 Å². The zero-order chi connectivity index (χ0) is 16.1. The van der Waals surface area contributed by atoms with E-state index < -0.39 is 6.10 Å².